The van der Waals surface area contributed by atoms with Gasteiger partial charge in [0.2, 0.25) is 35.4 Å². The summed E-state index contributed by atoms with van der Waals surface area (Å²) in [6.45, 7) is 14.4. The minimum Gasteiger partial charge on any atom is -0.497 e. The minimum atomic E-state index is -1.06. The lowest BCUT2D eigenvalue weighted by atomic mass is 9.85. The van der Waals surface area contributed by atoms with Crippen molar-refractivity contribution >= 4 is 47.1 Å². The summed E-state index contributed by atoms with van der Waals surface area (Å²) < 4.78 is 10.8. The molecule has 86 heavy (non-hydrogen) atoms. The van der Waals surface area contributed by atoms with Gasteiger partial charge in [0.25, 0.3) is 5.91 Å². The van der Waals surface area contributed by atoms with Crippen molar-refractivity contribution in [3.63, 3.8) is 0 Å². The summed E-state index contributed by atoms with van der Waals surface area (Å²) in [5.41, 5.74) is 2.13. The number of likely N-dealkylation sites (tertiary alicyclic amines) is 2. The van der Waals surface area contributed by atoms with Gasteiger partial charge in [0, 0.05) is 36.7 Å². The molecule has 0 unspecified atom stereocenters. The van der Waals surface area contributed by atoms with Crippen molar-refractivity contribution in [2.75, 3.05) is 41.4 Å². The van der Waals surface area contributed by atoms with Crippen LogP contribution in [0, 0.1) is 16.7 Å². The van der Waals surface area contributed by atoms with E-state index in [2.05, 4.69) is 37.2 Å². The molecule has 0 aromatic heterocycles. The Labute approximate surface area is 505 Å². The molecular formula is C67H85N9O10. The van der Waals surface area contributed by atoms with Crippen molar-refractivity contribution in [2.24, 2.45) is 16.7 Å². The fraction of sp³-hybridized carbons (Fsp3) is 0.433. The number of carbonyl (C=O) groups is 8. The van der Waals surface area contributed by atoms with Crippen LogP contribution >= 0.6 is 0 Å². The number of hydrogen-bond donors (Lipinski definition) is 7. The number of nitrogens with zero attached hydrogens (tertiary/aromatic N) is 2. The summed E-state index contributed by atoms with van der Waals surface area (Å²) in [7, 11) is 6.44. The van der Waals surface area contributed by atoms with E-state index in [9.17, 15) is 38.4 Å². The normalized spacial score (nSPS) is 18.9. The molecular weight excluding hydrogens is 1090 g/mol. The van der Waals surface area contributed by atoms with Crippen LogP contribution in [-0.2, 0) is 28.8 Å². The first-order valence-electron chi connectivity index (χ1n) is 29.3. The average molecular weight is 1180 g/mol. The van der Waals surface area contributed by atoms with Crippen LogP contribution in [0.25, 0.3) is 0 Å². The van der Waals surface area contributed by atoms with E-state index in [1.165, 1.54) is 21.9 Å². The second kappa shape index (κ2) is 28.6. The topological polar surface area (TPSA) is 246 Å². The molecule has 7 amide bonds. The van der Waals surface area contributed by atoms with Crippen LogP contribution in [-0.4, -0.2) is 141 Å². The van der Waals surface area contributed by atoms with Crippen molar-refractivity contribution < 1.29 is 47.8 Å². The fourth-order valence-electron chi connectivity index (χ4n) is 11.0. The molecule has 0 radical (unpaired) electrons. The van der Waals surface area contributed by atoms with Gasteiger partial charge in [-0.25, -0.2) is 0 Å². The van der Waals surface area contributed by atoms with E-state index in [-0.39, 0.29) is 49.6 Å². The largest absolute Gasteiger partial charge is 0.497 e. The maximum absolute atomic E-state index is 14.9. The van der Waals surface area contributed by atoms with Crippen LogP contribution in [0.1, 0.15) is 130 Å². The Morgan fingerprint density at radius 2 is 0.884 bits per heavy atom. The number of carbonyl (C=O) groups excluding carboxylic acids is 8. The lowest BCUT2D eigenvalue weighted by molar-refractivity contribution is -0.144. The number of hydrogen-bond acceptors (Lipinski definition) is 12. The van der Waals surface area contributed by atoms with Crippen molar-refractivity contribution in [2.45, 2.75) is 129 Å². The lowest BCUT2D eigenvalue weighted by Crippen LogP contribution is -2.59. The van der Waals surface area contributed by atoms with Gasteiger partial charge >= 0.3 is 0 Å². The molecule has 2 fully saturated rings. The first-order chi connectivity index (χ1) is 40.8. The van der Waals surface area contributed by atoms with E-state index in [0.29, 0.717) is 17.1 Å². The molecule has 2 aliphatic rings. The molecule has 458 valence electrons. The van der Waals surface area contributed by atoms with E-state index in [1.54, 1.807) is 66.4 Å². The standard InChI is InChI=1S/C67H85N9O10/c1-40(68-9)59(78)73-57(66(3,4)5)64(83)75-38-42(35-52(75)62(81)71-55(44-19-15-13-16-20-44)46-27-31-50(85-11)32-28-46)36-54(77)43-23-25-48(26-24-43)61(80)70-49-37-53(76(39-49)65(84)58(67(6,7)8)74-60(79)41(2)69-10)63(82)72-56(45-21-17-14-18-22-45)47-29-33-51(86-12)34-30-47/h13-34,40-42,49,52-53,55-58,68-69H,35-39H2,1-12H3,(H,70,80)(H,71,81)(H,72,82)(H,73,78)(H,74,79)/t40-,41-,42+,49-,52-,53-,55-,56-,57+,58+/m0/s1. The number of benzene rings is 5. The van der Waals surface area contributed by atoms with Gasteiger partial charge in [0.05, 0.1) is 38.4 Å². The molecule has 19 heteroatoms. The van der Waals surface area contributed by atoms with Crippen LogP contribution in [0.5, 0.6) is 11.5 Å². The van der Waals surface area contributed by atoms with Gasteiger partial charge in [-0.3, -0.25) is 38.4 Å². The van der Waals surface area contributed by atoms with E-state index >= 15 is 0 Å². The van der Waals surface area contributed by atoms with Gasteiger partial charge in [-0.15, -0.1) is 0 Å². The Hall–Kier alpha value is -8.42. The highest BCUT2D eigenvalue weighted by Gasteiger charge is 2.48. The number of nitrogens with one attached hydrogen (secondary N) is 7. The zero-order chi connectivity index (χ0) is 62.6. The smallest absolute Gasteiger partial charge is 0.251 e. The van der Waals surface area contributed by atoms with Gasteiger partial charge in [0.1, 0.15) is 35.7 Å². The Morgan fingerprint density at radius 3 is 1.28 bits per heavy atom. The monoisotopic (exact) mass is 1180 g/mol. The zero-order valence-corrected chi connectivity index (χ0v) is 51.5. The Morgan fingerprint density at radius 1 is 0.500 bits per heavy atom. The molecule has 5 aromatic carbocycles. The molecule has 2 saturated heterocycles. The van der Waals surface area contributed by atoms with Crippen molar-refractivity contribution in [1.82, 2.24) is 47.0 Å². The number of ketones is 1. The molecule has 19 nitrogen and oxygen atoms in total. The van der Waals surface area contributed by atoms with E-state index in [4.69, 9.17) is 9.47 Å². The highest BCUT2D eigenvalue weighted by atomic mass is 16.5. The summed E-state index contributed by atoms with van der Waals surface area (Å²) in [5.74, 6) is -2.57. The summed E-state index contributed by atoms with van der Waals surface area (Å²) in [6.07, 6.45) is 0.164. The van der Waals surface area contributed by atoms with Crippen LogP contribution < -0.4 is 46.7 Å². The summed E-state index contributed by atoms with van der Waals surface area (Å²) >= 11 is 0. The molecule has 0 bridgehead atoms. The van der Waals surface area contributed by atoms with Gasteiger partial charge in [-0.1, -0.05) is 139 Å². The first-order valence-corrected chi connectivity index (χ1v) is 29.3. The molecule has 10 atom stereocenters. The number of likely N-dealkylation sites (N-methyl/N-ethyl adjacent to an activating group) is 2. The molecule has 7 N–H and O–H groups in total. The van der Waals surface area contributed by atoms with Gasteiger partial charge in [-0.2, -0.15) is 0 Å². The van der Waals surface area contributed by atoms with Crippen LogP contribution in [0.3, 0.4) is 0 Å². The quantitative estimate of drug-likeness (QED) is 0.0358. The third-order valence-electron chi connectivity index (χ3n) is 16.3. The number of amides is 7. The third-order valence-corrected chi connectivity index (χ3v) is 16.3. The number of ether oxygens (including phenoxy) is 2. The molecule has 0 saturated carbocycles. The molecule has 0 aliphatic carbocycles. The Kier molecular flexibility index (Phi) is 21.7. The van der Waals surface area contributed by atoms with Crippen LogP contribution in [0.4, 0.5) is 0 Å². The second-order valence-corrected chi connectivity index (χ2v) is 24.6. The summed E-state index contributed by atoms with van der Waals surface area (Å²) in [6, 6.07) is 32.5. The second-order valence-electron chi connectivity index (χ2n) is 24.6. The molecule has 2 aliphatic heterocycles. The maximum Gasteiger partial charge on any atom is 0.251 e. The predicted octanol–water partition coefficient (Wildman–Crippen LogP) is 6.28. The lowest BCUT2D eigenvalue weighted by Gasteiger charge is -2.36. The Balaban J connectivity index is 1.11. The maximum atomic E-state index is 14.9. The van der Waals surface area contributed by atoms with Crippen molar-refractivity contribution in [1.29, 1.82) is 0 Å². The predicted molar refractivity (Wildman–Crippen MR) is 329 cm³/mol. The Bertz CT molecular complexity index is 2950. The van der Waals surface area contributed by atoms with Gasteiger partial charge < -0.3 is 56.5 Å². The van der Waals surface area contributed by atoms with Crippen LogP contribution in [0.2, 0.25) is 0 Å². The zero-order valence-electron chi connectivity index (χ0n) is 51.5. The number of methoxy groups -OCH3 is 2. The third kappa shape index (κ3) is 16.1. The summed E-state index contributed by atoms with van der Waals surface area (Å²) in [5, 5.41) is 21.1. The van der Waals surface area contributed by atoms with Crippen molar-refractivity contribution in [3.05, 3.63) is 167 Å². The highest BCUT2D eigenvalue weighted by Crippen LogP contribution is 2.34. The van der Waals surface area contributed by atoms with Crippen LogP contribution in [0.15, 0.2) is 133 Å². The van der Waals surface area contributed by atoms with E-state index in [1.807, 2.05) is 139 Å². The highest BCUT2D eigenvalue weighted by molar-refractivity contribution is 6.00. The average Bonchev–Trinajstić information content (AvgIpc) is 2.93. The van der Waals surface area contributed by atoms with E-state index in [0.717, 1.165) is 22.3 Å². The fourth-order valence-corrected chi connectivity index (χ4v) is 11.0. The number of Topliss-reactive ketones (excluding diaryl/α,β-unsaturated/α-hetero) is 1. The van der Waals surface area contributed by atoms with Crippen molar-refractivity contribution in [3.8, 4) is 11.5 Å². The number of rotatable bonds is 23. The SMILES string of the molecule is CN[C@@H](C)C(=O)N[C@H](C(=O)N1C[C@@H](CC(=O)c2ccc(C(=O)N[C@H]3C[C@@H](C(=O)N[C@@H](c4ccccc4)c4ccc(OC)cc4)N(C(=O)[C@@H](NC(=O)[C@H](C)NC)C(C)(C)C)C3)cc2)C[C@H]1C(=O)N[C@@H](c1ccccc1)c1ccc(OC)cc1)C(C)(C)C. The molecule has 0 spiro atoms. The van der Waals surface area contributed by atoms with Gasteiger partial charge in [0.15, 0.2) is 5.78 Å². The summed E-state index contributed by atoms with van der Waals surface area (Å²) in [4.78, 5) is 118. The van der Waals surface area contributed by atoms with Gasteiger partial charge in [-0.05, 0) is 116 Å². The molecule has 5 aromatic rings. The molecule has 2 heterocycles. The van der Waals surface area contributed by atoms with E-state index < -0.39 is 107 Å². The molecule has 7 rings (SSSR count). The first kappa shape index (κ1) is 65.1. The minimum absolute atomic E-state index is 0.0358.